The lowest BCUT2D eigenvalue weighted by atomic mass is 9.74. The molecule has 18 heavy (non-hydrogen) atoms. The average Bonchev–Trinajstić information content (AvgIpc) is 2.78. The number of likely N-dealkylation sites (tertiary alicyclic amines) is 1. The van der Waals surface area contributed by atoms with Crippen LogP contribution in [0.2, 0.25) is 0 Å². The molecule has 0 aliphatic carbocycles. The lowest BCUT2D eigenvalue weighted by molar-refractivity contribution is 0.102. The van der Waals surface area contributed by atoms with Crippen molar-refractivity contribution in [1.82, 2.24) is 4.90 Å². The molecule has 0 radical (unpaired) electrons. The summed E-state index contributed by atoms with van der Waals surface area (Å²) < 4.78 is 4.78. The molecule has 1 aromatic rings. The summed E-state index contributed by atoms with van der Waals surface area (Å²) in [6, 6.07) is 8.51. The van der Waals surface area contributed by atoms with Crippen molar-refractivity contribution in [2.24, 2.45) is 0 Å². The topological polar surface area (TPSA) is 41.6 Å². The third-order valence-electron chi connectivity index (χ3n) is 4.27. The van der Waals surface area contributed by atoms with Crippen molar-refractivity contribution in [3.05, 3.63) is 29.8 Å². The van der Waals surface area contributed by atoms with E-state index in [-0.39, 0.29) is 11.5 Å². The molecule has 1 spiro atoms. The Bertz CT molecular complexity index is 465. The monoisotopic (exact) mass is 246 g/mol. The van der Waals surface area contributed by atoms with Crippen LogP contribution in [0.15, 0.2) is 24.3 Å². The first-order chi connectivity index (χ1) is 8.75. The smallest absolute Gasteiger partial charge is 0.409 e. The molecule has 96 valence electrons. The van der Waals surface area contributed by atoms with Gasteiger partial charge >= 0.3 is 6.09 Å². The van der Waals surface area contributed by atoms with E-state index in [1.807, 2.05) is 0 Å². The molecular weight excluding hydrogens is 228 g/mol. The third-order valence-corrected chi connectivity index (χ3v) is 4.27. The van der Waals surface area contributed by atoms with Gasteiger partial charge in [-0.15, -0.1) is 0 Å². The van der Waals surface area contributed by atoms with E-state index >= 15 is 0 Å². The molecule has 0 unspecified atom stereocenters. The summed E-state index contributed by atoms with van der Waals surface area (Å²) in [5.74, 6) is 0. The first kappa shape index (κ1) is 11.4. The zero-order chi connectivity index (χ0) is 12.6. The quantitative estimate of drug-likeness (QED) is 0.763. The molecule has 1 N–H and O–H groups in total. The Hall–Kier alpha value is -1.71. The number of piperidine rings is 1. The molecule has 0 atom stereocenters. The number of amides is 1. The molecule has 1 saturated heterocycles. The number of hydrogen-bond donors (Lipinski definition) is 1. The number of hydrogen-bond acceptors (Lipinski definition) is 3. The van der Waals surface area contributed by atoms with Crippen LogP contribution in [0.4, 0.5) is 10.5 Å². The van der Waals surface area contributed by atoms with Gasteiger partial charge in [0.25, 0.3) is 0 Å². The number of fused-ring (bicyclic) bond motifs is 2. The van der Waals surface area contributed by atoms with Crippen molar-refractivity contribution in [3.8, 4) is 0 Å². The predicted octanol–water partition coefficient (Wildman–Crippen LogP) is 2.21. The highest BCUT2D eigenvalue weighted by Crippen LogP contribution is 2.43. The number of carbonyl (C=O) groups excluding carboxylic acids is 1. The second-order valence-corrected chi connectivity index (χ2v) is 5.14. The van der Waals surface area contributed by atoms with Gasteiger partial charge in [0, 0.05) is 30.7 Å². The maximum absolute atomic E-state index is 11.5. The fraction of sp³-hybridized carbons (Fsp3) is 0.500. The molecule has 1 amide bonds. The summed E-state index contributed by atoms with van der Waals surface area (Å²) in [5.41, 5.74) is 2.87. The van der Waals surface area contributed by atoms with Gasteiger partial charge in [-0.05, 0) is 24.5 Å². The van der Waals surface area contributed by atoms with E-state index in [0.717, 1.165) is 32.5 Å². The van der Waals surface area contributed by atoms with Gasteiger partial charge in [0.2, 0.25) is 0 Å². The molecule has 1 aromatic carbocycles. The highest BCUT2D eigenvalue weighted by molar-refractivity contribution is 5.68. The molecule has 2 heterocycles. The Morgan fingerprint density at radius 1 is 1.33 bits per heavy atom. The van der Waals surface area contributed by atoms with E-state index < -0.39 is 0 Å². The third kappa shape index (κ3) is 1.64. The van der Waals surface area contributed by atoms with Crippen molar-refractivity contribution in [3.63, 3.8) is 0 Å². The van der Waals surface area contributed by atoms with Crippen molar-refractivity contribution < 1.29 is 9.53 Å². The zero-order valence-corrected chi connectivity index (χ0v) is 10.6. The number of anilines is 1. The summed E-state index contributed by atoms with van der Waals surface area (Å²) in [7, 11) is 1.44. The van der Waals surface area contributed by atoms with Crippen LogP contribution in [0.25, 0.3) is 0 Å². The average molecular weight is 246 g/mol. The van der Waals surface area contributed by atoms with Crippen LogP contribution in [-0.2, 0) is 10.2 Å². The molecule has 0 aromatic heterocycles. The number of nitrogens with one attached hydrogen (secondary N) is 1. The molecule has 3 rings (SSSR count). The number of benzene rings is 1. The molecular formula is C14H18N2O2. The number of methoxy groups -OCH3 is 1. The SMILES string of the molecule is COC(=O)N1CCC2(CC1)CNc1ccccc12. The van der Waals surface area contributed by atoms with Crippen molar-refractivity contribution in [2.45, 2.75) is 18.3 Å². The van der Waals surface area contributed by atoms with E-state index in [2.05, 4.69) is 29.6 Å². The number of rotatable bonds is 0. The summed E-state index contributed by atoms with van der Waals surface area (Å²) >= 11 is 0. The van der Waals surface area contributed by atoms with Gasteiger partial charge < -0.3 is 15.0 Å². The van der Waals surface area contributed by atoms with E-state index in [1.54, 1.807) is 4.90 Å². The normalized spacial score (nSPS) is 20.4. The van der Waals surface area contributed by atoms with Crippen molar-refractivity contribution >= 4 is 11.8 Å². The largest absolute Gasteiger partial charge is 0.453 e. The molecule has 0 saturated carbocycles. The Morgan fingerprint density at radius 3 is 2.78 bits per heavy atom. The molecule has 0 bridgehead atoms. The van der Waals surface area contributed by atoms with E-state index in [9.17, 15) is 4.79 Å². The van der Waals surface area contributed by atoms with Gasteiger partial charge in [0.15, 0.2) is 0 Å². The van der Waals surface area contributed by atoms with E-state index in [0.29, 0.717) is 0 Å². The van der Waals surface area contributed by atoms with Crippen LogP contribution >= 0.6 is 0 Å². The molecule has 4 heteroatoms. The highest BCUT2D eigenvalue weighted by atomic mass is 16.5. The van der Waals surface area contributed by atoms with Gasteiger partial charge in [-0.25, -0.2) is 4.79 Å². The fourth-order valence-corrected chi connectivity index (χ4v) is 3.15. The van der Waals surface area contributed by atoms with Crippen LogP contribution in [0.1, 0.15) is 18.4 Å². The minimum atomic E-state index is -0.205. The Kier molecular flexibility index (Phi) is 2.65. The van der Waals surface area contributed by atoms with Crippen molar-refractivity contribution in [1.29, 1.82) is 0 Å². The lowest BCUT2D eigenvalue weighted by Crippen LogP contribution is -2.46. The van der Waals surface area contributed by atoms with Crippen LogP contribution in [0, 0.1) is 0 Å². The maximum atomic E-state index is 11.5. The Morgan fingerprint density at radius 2 is 2.06 bits per heavy atom. The van der Waals surface area contributed by atoms with E-state index in [1.165, 1.54) is 18.4 Å². The maximum Gasteiger partial charge on any atom is 0.409 e. The van der Waals surface area contributed by atoms with Gasteiger partial charge in [0.05, 0.1) is 7.11 Å². The molecule has 2 aliphatic heterocycles. The second kappa shape index (κ2) is 4.19. The number of carbonyl (C=O) groups is 1. The Labute approximate surface area is 107 Å². The summed E-state index contributed by atoms with van der Waals surface area (Å²) in [6.07, 6.45) is 1.81. The standard InChI is InChI=1S/C14H18N2O2/c1-18-13(17)16-8-6-14(7-9-16)10-15-12-5-3-2-4-11(12)14/h2-5,15H,6-10H2,1H3. The van der Waals surface area contributed by atoms with Gasteiger partial charge in [-0.1, -0.05) is 18.2 Å². The molecule has 1 fully saturated rings. The fourth-order valence-electron chi connectivity index (χ4n) is 3.15. The molecule has 2 aliphatic rings. The van der Waals surface area contributed by atoms with Crippen LogP contribution in [0.3, 0.4) is 0 Å². The molecule has 4 nitrogen and oxygen atoms in total. The van der Waals surface area contributed by atoms with Crippen molar-refractivity contribution in [2.75, 3.05) is 32.1 Å². The first-order valence-corrected chi connectivity index (χ1v) is 6.41. The van der Waals surface area contributed by atoms with Crippen LogP contribution in [-0.4, -0.2) is 37.7 Å². The van der Waals surface area contributed by atoms with Crippen LogP contribution in [0.5, 0.6) is 0 Å². The first-order valence-electron chi connectivity index (χ1n) is 6.41. The van der Waals surface area contributed by atoms with E-state index in [4.69, 9.17) is 4.74 Å². The zero-order valence-electron chi connectivity index (χ0n) is 10.6. The summed E-state index contributed by atoms with van der Waals surface area (Å²) in [5, 5.41) is 3.48. The highest BCUT2D eigenvalue weighted by Gasteiger charge is 2.42. The number of ether oxygens (including phenoxy) is 1. The summed E-state index contributed by atoms with van der Waals surface area (Å²) in [6.45, 7) is 2.55. The number of nitrogens with zero attached hydrogens (tertiary/aromatic N) is 1. The lowest BCUT2D eigenvalue weighted by Gasteiger charge is -2.38. The Balaban J connectivity index is 1.79. The minimum Gasteiger partial charge on any atom is -0.453 e. The minimum absolute atomic E-state index is 0.205. The predicted molar refractivity (Wildman–Crippen MR) is 69.8 cm³/mol. The second-order valence-electron chi connectivity index (χ2n) is 5.14. The van der Waals surface area contributed by atoms with Gasteiger partial charge in [-0.3, -0.25) is 0 Å². The van der Waals surface area contributed by atoms with Gasteiger partial charge in [0.1, 0.15) is 0 Å². The summed E-state index contributed by atoms with van der Waals surface area (Å²) in [4.78, 5) is 13.3. The number of para-hydroxylation sites is 1. The van der Waals surface area contributed by atoms with Crippen LogP contribution < -0.4 is 5.32 Å². The van der Waals surface area contributed by atoms with Gasteiger partial charge in [-0.2, -0.15) is 0 Å².